The van der Waals surface area contributed by atoms with Crippen LogP contribution in [0.25, 0.3) is 10.8 Å². The van der Waals surface area contributed by atoms with Crippen LogP contribution < -0.4 is 19.8 Å². The molecular weight excluding hydrogens is 700 g/mol. The molecule has 2 aliphatic carbocycles. The molecule has 7 atom stereocenters. The van der Waals surface area contributed by atoms with Gasteiger partial charge < -0.3 is 15.0 Å². The Morgan fingerprint density at radius 3 is 2.45 bits per heavy atom. The molecule has 3 amide bonds. The molecule has 2 bridgehead atoms. The van der Waals surface area contributed by atoms with E-state index in [4.69, 9.17) is 4.74 Å². The van der Waals surface area contributed by atoms with Crippen molar-refractivity contribution in [2.45, 2.75) is 28.8 Å². The number of halogens is 3. The first-order chi connectivity index (χ1) is 24.6. The number of carbonyl (C=O) groups excluding carboxylic acids is 3. The molecule has 3 heterocycles. The van der Waals surface area contributed by atoms with Crippen LogP contribution in [0.4, 0.5) is 24.5 Å². The highest BCUT2D eigenvalue weighted by Gasteiger charge is 2.70. The summed E-state index contributed by atoms with van der Waals surface area (Å²) in [6.07, 6.45) is -4.16. The Morgan fingerprint density at radius 2 is 1.63 bits per heavy atom. The van der Waals surface area contributed by atoms with Gasteiger partial charge in [0, 0.05) is 27.1 Å². The maximum Gasteiger partial charge on any atom is 0.418 e. The molecule has 1 saturated heterocycles. The number of para-hydroxylation sites is 1. The number of H-pyrrole nitrogens is 1. The number of hydrogen-bond acceptors (Lipinski definition) is 7. The van der Waals surface area contributed by atoms with Crippen LogP contribution >= 0.6 is 23.1 Å². The molecule has 2 saturated carbocycles. The minimum Gasteiger partial charge on any atom is -0.484 e. The molecule has 51 heavy (non-hydrogen) atoms. The summed E-state index contributed by atoms with van der Waals surface area (Å²) in [5.74, 6) is -3.62. The van der Waals surface area contributed by atoms with E-state index in [9.17, 15) is 32.3 Å². The summed E-state index contributed by atoms with van der Waals surface area (Å²) in [4.78, 5) is 58.0. The predicted molar refractivity (Wildman–Crippen MR) is 187 cm³/mol. The fraction of sp³-hybridized carbons (Fsp3) is 0.263. The minimum atomic E-state index is -4.74. The second-order valence-corrected chi connectivity index (χ2v) is 15.6. The van der Waals surface area contributed by atoms with Gasteiger partial charge in [-0.2, -0.15) is 13.2 Å². The molecule has 9 rings (SSSR count). The zero-order valence-corrected chi connectivity index (χ0v) is 28.2. The van der Waals surface area contributed by atoms with E-state index in [0.29, 0.717) is 22.9 Å². The molecule has 4 unspecified atom stereocenters. The number of alkyl halides is 3. The Balaban J connectivity index is 1.01. The fourth-order valence-corrected chi connectivity index (χ4v) is 11.9. The van der Waals surface area contributed by atoms with Crippen LogP contribution in [0.2, 0.25) is 0 Å². The number of benzene rings is 4. The van der Waals surface area contributed by atoms with Crippen molar-refractivity contribution in [2.75, 3.05) is 16.8 Å². The highest BCUT2D eigenvalue weighted by molar-refractivity contribution is 8.00. The van der Waals surface area contributed by atoms with Crippen molar-refractivity contribution in [3.63, 3.8) is 0 Å². The van der Waals surface area contributed by atoms with Crippen LogP contribution in [0.3, 0.4) is 0 Å². The van der Waals surface area contributed by atoms with Gasteiger partial charge in [-0.15, -0.1) is 11.8 Å². The number of thiazole rings is 1. The van der Waals surface area contributed by atoms with Gasteiger partial charge in [-0.25, -0.2) is 4.90 Å². The van der Waals surface area contributed by atoms with Crippen LogP contribution in [0.15, 0.2) is 101 Å². The van der Waals surface area contributed by atoms with Gasteiger partial charge in [0.2, 0.25) is 11.8 Å². The molecule has 3 fully saturated rings. The lowest BCUT2D eigenvalue weighted by molar-refractivity contribution is -0.137. The zero-order chi connectivity index (χ0) is 35.2. The molecule has 1 aromatic heterocycles. The summed E-state index contributed by atoms with van der Waals surface area (Å²) in [5, 5.41) is 5.38. The Labute approximate surface area is 297 Å². The largest absolute Gasteiger partial charge is 0.484 e. The third-order valence-electron chi connectivity index (χ3n) is 10.8. The van der Waals surface area contributed by atoms with Crippen LogP contribution in [0.5, 0.6) is 5.75 Å². The number of fused-ring (bicyclic) bond motifs is 10. The van der Waals surface area contributed by atoms with Crippen LogP contribution in [0.1, 0.15) is 28.3 Å². The highest BCUT2D eigenvalue weighted by atomic mass is 32.2. The summed E-state index contributed by atoms with van der Waals surface area (Å²) in [5.41, 5.74) is 0.0461. The summed E-state index contributed by atoms with van der Waals surface area (Å²) >= 11 is 2.60. The predicted octanol–water partition coefficient (Wildman–Crippen LogP) is 7.30. The third-order valence-corrected chi connectivity index (χ3v) is 13.4. The van der Waals surface area contributed by atoms with Crippen LogP contribution in [-0.2, 0) is 20.6 Å². The van der Waals surface area contributed by atoms with Gasteiger partial charge in [-0.05, 0) is 65.5 Å². The van der Waals surface area contributed by atoms with Gasteiger partial charge in [0.25, 0.3) is 5.91 Å². The third kappa shape index (κ3) is 5.11. The van der Waals surface area contributed by atoms with E-state index in [-0.39, 0.29) is 46.3 Å². The SMILES string of the molecule is O=C(COc1cccc([C@H]2c3sc(=O)[nH]c3SC3C2[C@H]2C[C@@H]3C3C(=O)N(c4ccccc4C(F)(F)F)C(=O)C32)c1)Nc1cccc2ccccc12. The van der Waals surface area contributed by atoms with E-state index in [0.717, 1.165) is 43.5 Å². The number of carbonyl (C=O) groups is 3. The van der Waals surface area contributed by atoms with Crippen molar-refractivity contribution >= 4 is 63.0 Å². The van der Waals surface area contributed by atoms with Gasteiger partial charge in [-0.1, -0.05) is 72.0 Å². The minimum absolute atomic E-state index is 0.149. The maximum atomic E-state index is 14.1. The number of ether oxygens (including phenoxy) is 1. The van der Waals surface area contributed by atoms with Crippen molar-refractivity contribution in [2.24, 2.45) is 29.6 Å². The zero-order valence-electron chi connectivity index (χ0n) is 26.6. The second-order valence-electron chi connectivity index (χ2n) is 13.4. The molecule has 0 radical (unpaired) electrons. The lowest BCUT2D eigenvalue weighted by Gasteiger charge is -2.43. The molecule has 8 nitrogen and oxygen atoms in total. The molecule has 4 aliphatic rings. The van der Waals surface area contributed by atoms with E-state index in [2.05, 4.69) is 10.3 Å². The molecule has 258 valence electrons. The average molecular weight is 728 g/mol. The maximum absolute atomic E-state index is 14.1. The molecule has 0 spiro atoms. The van der Waals surface area contributed by atoms with Gasteiger partial charge in [0.15, 0.2) is 6.61 Å². The molecule has 2 N–H and O–H groups in total. The van der Waals surface area contributed by atoms with E-state index < -0.39 is 41.1 Å². The van der Waals surface area contributed by atoms with E-state index in [1.54, 1.807) is 6.07 Å². The summed E-state index contributed by atoms with van der Waals surface area (Å²) in [6, 6.07) is 25.4. The van der Waals surface area contributed by atoms with Crippen molar-refractivity contribution in [3.8, 4) is 5.75 Å². The van der Waals surface area contributed by atoms with Crippen molar-refractivity contribution < 1.29 is 32.3 Å². The molecule has 4 aromatic carbocycles. The van der Waals surface area contributed by atoms with E-state index >= 15 is 0 Å². The first-order valence-corrected chi connectivity index (χ1v) is 18.2. The summed E-state index contributed by atoms with van der Waals surface area (Å²) in [7, 11) is 0. The molecule has 5 aromatic rings. The standard InChI is InChI=1S/C38H28F3N3O5S2/c39-38(40,41)24-12-3-4-14-26(24)44-35(46)30-22-16-23(31(30)36(44)47)32-29(22)28(33-34(50-32)43-37(48)51-33)19-9-5-10-20(15-19)49-17-27(45)42-25-13-6-8-18-7-1-2-11-21(18)25/h1-15,22-23,28-32H,16-17H2,(H,42,45)(H,43,48)/t22-,23-,28-,29?,30?,31?,32?/m1/s1. The Morgan fingerprint density at radius 1 is 0.902 bits per heavy atom. The molecular formula is C38H28F3N3O5S2. The fourth-order valence-electron chi connectivity index (χ4n) is 9.00. The summed E-state index contributed by atoms with van der Waals surface area (Å²) < 4.78 is 48.0. The van der Waals surface area contributed by atoms with Gasteiger partial charge >= 0.3 is 11.0 Å². The molecule has 13 heteroatoms. The average Bonchev–Trinajstić information content (AvgIpc) is 3.86. The lowest BCUT2D eigenvalue weighted by atomic mass is 9.68. The number of aromatic nitrogens is 1. The lowest BCUT2D eigenvalue weighted by Crippen LogP contribution is -2.42. The number of nitrogens with one attached hydrogen (secondary N) is 2. The summed E-state index contributed by atoms with van der Waals surface area (Å²) in [6.45, 7) is -0.248. The number of rotatable bonds is 6. The number of thioether (sulfide) groups is 1. The first-order valence-electron chi connectivity index (χ1n) is 16.5. The normalized spacial score (nSPS) is 26.3. The van der Waals surface area contributed by atoms with Gasteiger partial charge in [0.05, 0.1) is 28.1 Å². The quantitative estimate of drug-likeness (QED) is 0.178. The Bertz CT molecular complexity index is 2320. The first kappa shape index (κ1) is 32.1. The van der Waals surface area contributed by atoms with Gasteiger partial charge in [-0.3, -0.25) is 19.2 Å². The number of imide groups is 1. The Kier molecular flexibility index (Phi) is 7.44. The van der Waals surface area contributed by atoms with E-state index in [1.165, 1.54) is 30.0 Å². The number of anilines is 2. The number of nitrogens with zero attached hydrogens (tertiary/aromatic N) is 1. The number of hydrogen-bond donors (Lipinski definition) is 2. The van der Waals surface area contributed by atoms with E-state index in [1.807, 2.05) is 60.7 Å². The van der Waals surface area contributed by atoms with Gasteiger partial charge in [0.1, 0.15) is 5.75 Å². The monoisotopic (exact) mass is 727 g/mol. The smallest absolute Gasteiger partial charge is 0.418 e. The van der Waals surface area contributed by atoms with Crippen molar-refractivity contribution in [3.05, 3.63) is 117 Å². The topological polar surface area (TPSA) is 109 Å². The van der Waals surface area contributed by atoms with Crippen LogP contribution in [0, 0.1) is 29.6 Å². The van der Waals surface area contributed by atoms with Crippen molar-refractivity contribution in [1.82, 2.24) is 4.98 Å². The number of aromatic amines is 1. The highest BCUT2D eigenvalue weighted by Crippen LogP contribution is 2.69. The van der Waals surface area contributed by atoms with Crippen molar-refractivity contribution in [1.29, 1.82) is 0 Å². The number of amides is 3. The van der Waals surface area contributed by atoms with Crippen LogP contribution in [-0.4, -0.2) is 34.6 Å². The Hall–Kier alpha value is -4.88. The second kappa shape index (κ2) is 11.8. The molecule has 2 aliphatic heterocycles.